The molecule has 0 unspecified atom stereocenters. The van der Waals surface area contributed by atoms with Crippen molar-refractivity contribution < 1.29 is 27.5 Å². The van der Waals surface area contributed by atoms with Crippen molar-refractivity contribution in [2.75, 3.05) is 0 Å². The van der Waals surface area contributed by atoms with Gasteiger partial charge in [-0.1, -0.05) is 11.6 Å². The number of nitrogens with zero attached hydrogens (tertiary/aromatic N) is 2. The van der Waals surface area contributed by atoms with Crippen LogP contribution in [0.5, 0.6) is 0 Å². The summed E-state index contributed by atoms with van der Waals surface area (Å²) in [7, 11) is 0.860. The molecule has 2 heterocycles. The second-order valence-corrected chi connectivity index (χ2v) is 5.67. The molecular formula is C15H8ClF3N2O5. The quantitative estimate of drug-likeness (QED) is 0.728. The third kappa shape index (κ3) is 2.68. The van der Waals surface area contributed by atoms with Gasteiger partial charge < -0.3 is 9.52 Å². The van der Waals surface area contributed by atoms with E-state index in [9.17, 15) is 27.6 Å². The number of hydrogen-bond acceptors (Lipinski definition) is 4. The highest BCUT2D eigenvalue weighted by atomic mass is 35.5. The summed E-state index contributed by atoms with van der Waals surface area (Å²) in [5.41, 5.74) is -4.39. The van der Waals surface area contributed by atoms with Crippen LogP contribution < -0.4 is 11.2 Å². The first-order chi connectivity index (χ1) is 12.0. The predicted octanol–water partition coefficient (Wildman–Crippen LogP) is 2.65. The van der Waals surface area contributed by atoms with Crippen LogP contribution >= 0.6 is 11.6 Å². The van der Waals surface area contributed by atoms with Gasteiger partial charge in [-0.05, 0) is 12.1 Å². The van der Waals surface area contributed by atoms with Gasteiger partial charge in [0, 0.05) is 24.6 Å². The van der Waals surface area contributed by atoms with Crippen molar-refractivity contribution in [1.29, 1.82) is 0 Å². The molecule has 0 aliphatic heterocycles. The Balaban J connectivity index is 2.40. The number of fused-ring (bicyclic) bond motifs is 1. The minimum Gasteiger partial charge on any atom is -0.475 e. The number of aromatic carboxylic acids is 1. The molecule has 26 heavy (non-hydrogen) atoms. The van der Waals surface area contributed by atoms with Crippen molar-refractivity contribution in [2.45, 2.75) is 6.18 Å². The van der Waals surface area contributed by atoms with Crippen LogP contribution in [0.4, 0.5) is 13.2 Å². The normalized spacial score (nSPS) is 11.9. The lowest BCUT2D eigenvalue weighted by molar-refractivity contribution is -0.144. The second-order valence-electron chi connectivity index (χ2n) is 5.27. The Labute approximate surface area is 146 Å². The van der Waals surface area contributed by atoms with Crippen molar-refractivity contribution in [3.05, 3.63) is 61.6 Å². The molecule has 0 bridgehead atoms. The van der Waals surface area contributed by atoms with E-state index in [0.29, 0.717) is 4.57 Å². The molecule has 11 heteroatoms. The molecule has 1 aromatic carbocycles. The van der Waals surface area contributed by atoms with E-state index in [4.69, 9.17) is 21.1 Å². The van der Waals surface area contributed by atoms with Crippen LogP contribution in [0.25, 0.3) is 16.7 Å². The minimum absolute atomic E-state index is 0.0804. The van der Waals surface area contributed by atoms with Gasteiger partial charge in [-0.25, -0.2) is 14.2 Å². The standard InChI is InChI=1S/C15H8ClF3N2O5/c1-20-10(15(17,18)19)5-11(22)21(14(20)25)8-3-2-7(16)6-4-9(13(23)24)26-12(6)8/h2-5H,1H3,(H,23,24). The predicted molar refractivity (Wildman–Crippen MR) is 84.0 cm³/mol. The first-order valence-corrected chi connectivity index (χ1v) is 7.26. The summed E-state index contributed by atoms with van der Waals surface area (Å²) in [5.74, 6) is -1.93. The SMILES string of the molecule is Cn1c(C(F)(F)F)cc(=O)n(-c2ccc(Cl)c3cc(C(=O)O)oc23)c1=O. The Morgan fingerprint density at radius 2 is 1.88 bits per heavy atom. The molecule has 1 N–H and O–H groups in total. The van der Waals surface area contributed by atoms with Crippen LogP contribution in [0.3, 0.4) is 0 Å². The van der Waals surface area contributed by atoms with Gasteiger partial charge in [-0.2, -0.15) is 13.2 Å². The van der Waals surface area contributed by atoms with Crippen LogP contribution in [0, 0.1) is 0 Å². The second kappa shape index (κ2) is 5.77. The number of carboxylic acids is 1. The monoisotopic (exact) mass is 388 g/mol. The molecule has 3 aromatic rings. The zero-order valence-electron chi connectivity index (χ0n) is 12.8. The highest BCUT2D eigenvalue weighted by Gasteiger charge is 2.35. The number of hydrogen-bond donors (Lipinski definition) is 1. The van der Waals surface area contributed by atoms with Gasteiger partial charge in [0.05, 0.1) is 10.7 Å². The number of furan rings is 1. The number of rotatable bonds is 2. The Kier molecular flexibility index (Phi) is 3.95. The van der Waals surface area contributed by atoms with Crippen LogP contribution in [0.2, 0.25) is 5.02 Å². The van der Waals surface area contributed by atoms with Gasteiger partial charge in [0.15, 0.2) is 5.58 Å². The first-order valence-electron chi connectivity index (χ1n) is 6.88. The zero-order valence-corrected chi connectivity index (χ0v) is 13.6. The molecule has 0 saturated carbocycles. The summed E-state index contributed by atoms with van der Waals surface area (Å²) < 4.78 is 44.6. The molecule has 0 spiro atoms. The van der Waals surface area contributed by atoms with E-state index in [1.807, 2.05) is 0 Å². The summed E-state index contributed by atoms with van der Waals surface area (Å²) in [6, 6.07) is 3.80. The summed E-state index contributed by atoms with van der Waals surface area (Å²) in [5, 5.41) is 9.19. The molecule has 0 atom stereocenters. The van der Waals surface area contributed by atoms with E-state index >= 15 is 0 Å². The van der Waals surface area contributed by atoms with Gasteiger partial charge in [-0.3, -0.25) is 9.36 Å². The summed E-state index contributed by atoms with van der Waals surface area (Å²) >= 11 is 5.96. The number of benzene rings is 1. The van der Waals surface area contributed by atoms with E-state index < -0.39 is 34.8 Å². The molecular weight excluding hydrogens is 381 g/mol. The van der Waals surface area contributed by atoms with E-state index in [0.717, 1.165) is 13.1 Å². The maximum absolute atomic E-state index is 12.9. The van der Waals surface area contributed by atoms with E-state index in [-0.39, 0.29) is 32.3 Å². The molecule has 136 valence electrons. The lowest BCUT2D eigenvalue weighted by atomic mass is 10.2. The Hall–Kier alpha value is -3.01. The average molecular weight is 389 g/mol. The highest BCUT2D eigenvalue weighted by Crippen LogP contribution is 2.31. The number of alkyl halides is 3. The van der Waals surface area contributed by atoms with Crippen LogP contribution in [-0.2, 0) is 13.2 Å². The smallest absolute Gasteiger partial charge is 0.431 e. The summed E-state index contributed by atoms with van der Waals surface area (Å²) in [6.45, 7) is 0. The third-order valence-corrected chi connectivity index (χ3v) is 4.00. The number of halogens is 4. The molecule has 0 fully saturated rings. The molecule has 7 nitrogen and oxygen atoms in total. The van der Waals surface area contributed by atoms with Gasteiger partial charge >= 0.3 is 17.8 Å². The number of carboxylic acid groups (broad SMARTS) is 1. The largest absolute Gasteiger partial charge is 0.475 e. The molecule has 0 amide bonds. The summed E-state index contributed by atoms with van der Waals surface area (Å²) in [4.78, 5) is 35.6. The molecule has 0 saturated heterocycles. The van der Waals surface area contributed by atoms with Gasteiger partial charge in [0.25, 0.3) is 5.56 Å². The highest BCUT2D eigenvalue weighted by molar-refractivity contribution is 6.35. The first kappa shape index (κ1) is 17.8. The van der Waals surface area contributed by atoms with Crippen LogP contribution in [0.1, 0.15) is 16.2 Å². The molecule has 0 aliphatic carbocycles. The van der Waals surface area contributed by atoms with Crippen molar-refractivity contribution in [3.8, 4) is 5.69 Å². The fourth-order valence-corrected chi connectivity index (χ4v) is 2.68. The minimum atomic E-state index is -4.90. The molecule has 0 aliphatic rings. The maximum Gasteiger partial charge on any atom is 0.431 e. The third-order valence-electron chi connectivity index (χ3n) is 3.67. The molecule has 2 aromatic heterocycles. The fraction of sp³-hybridized carbons (Fsp3) is 0.133. The maximum atomic E-state index is 12.9. The van der Waals surface area contributed by atoms with Gasteiger partial charge in [0.2, 0.25) is 5.76 Å². The summed E-state index contributed by atoms with van der Waals surface area (Å²) in [6.07, 6.45) is -4.90. The zero-order chi connectivity index (χ0) is 19.4. The van der Waals surface area contributed by atoms with E-state index in [2.05, 4.69) is 0 Å². The fourth-order valence-electron chi connectivity index (χ4n) is 2.48. The van der Waals surface area contributed by atoms with Crippen molar-refractivity contribution >= 4 is 28.5 Å². The number of aromatic nitrogens is 2. The van der Waals surface area contributed by atoms with Crippen molar-refractivity contribution in [1.82, 2.24) is 9.13 Å². The van der Waals surface area contributed by atoms with Crippen molar-refractivity contribution in [2.24, 2.45) is 7.05 Å². The van der Waals surface area contributed by atoms with Crippen LogP contribution in [0.15, 0.2) is 38.3 Å². The molecule has 0 radical (unpaired) electrons. The Morgan fingerprint density at radius 3 is 2.46 bits per heavy atom. The Bertz CT molecular complexity index is 1170. The van der Waals surface area contributed by atoms with E-state index in [1.54, 1.807) is 0 Å². The van der Waals surface area contributed by atoms with Gasteiger partial charge in [-0.15, -0.1) is 0 Å². The lowest BCUT2D eigenvalue weighted by Crippen LogP contribution is -2.40. The topological polar surface area (TPSA) is 94.4 Å². The molecule has 3 rings (SSSR count). The van der Waals surface area contributed by atoms with E-state index in [1.165, 1.54) is 12.1 Å². The van der Waals surface area contributed by atoms with Crippen LogP contribution in [-0.4, -0.2) is 20.2 Å². The average Bonchev–Trinajstić information content (AvgIpc) is 2.98. The Morgan fingerprint density at radius 1 is 1.23 bits per heavy atom. The number of carbonyl (C=O) groups is 1. The van der Waals surface area contributed by atoms with Gasteiger partial charge in [0.1, 0.15) is 5.69 Å². The van der Waals surface area contributed by atoms with Crippen molar-refractivity contribution in [3.63, 3.8) is 0 Å². The lowest BCUT2D eigenvalue weighted by Gasteiger charge is -2.14.